The predicted octanol–water partition coefficient (Wildman–Crippen LogP) is 5.53. The fourth-order valence-electron chi connectivity index (χ4n) is 3.78. The highest BCUT2D eigenvalue weighted by molar-refractivity contribution is 9.10. The van der Waals surface area contributed by atoms with E-state index >= 15 is 0 Å². The van der Waals surface area contributed by atoms with Crippen molar-refractivity contribution in [3.05, 3.63) is 99.3 Å². The van der Waals surface area contributed by atoms with Crippen molar-refractivity contribution in [3.63, 3.8) is 0 Å². The summed E-state index contributed by atoms with van der Waals surface area (Å²) in [7, 11) is 1.51. The molecule has 4 rings (SSSR count). The van der Waals surface area contributed by atoms with Crippen LogP contribution < -0.4 is 9.64 Å². The van der Waals surface area contributed by atoms with Gasteiger partial charge in [-0.25, -0.2) is 4.39 Å². The molecule has 3 aromatic rings. The number of anilines is 1. The van der Waals surface area contributed by atoms with E-state index < -0.39 is 23.5 Å². The van der Waals surface area contributed by atoms with Crippen LogP contribution in [0.2, 0.25) is 0 Å². The third kappa shape index (κ3) is 3.80. The molecule has 1 aliphatic rings. The van der Waals surface area contributed by atoms with Gasteiger partial charge in [-0.2, -0.15) is 0 Å². The summed E-state index contributed by atoms with van der Waals surface area (Å²) in [5.74, 6) is -1.84. The van der Waals surface area contributed by atoms with Crippen LogP contribution >= 0.6 is 15.9 Å². The number of nitrogens with zero attached hydrogens (tertiary/aromatic N) is 1. The first kappa shape index (κ1) is 21.8. The highest BCUT2D eigenvalue weighted by Gasteiger charge is 2.47. The Bertz CT molecular complexity index is 1250. The summed E-state index contributed by atoms with van der Waals surface area (Å²) < 4.78 is 19.7. The standard InChI is InChI=1S/C25H19BrFNO4/c1-14-12-16(6-11-20(14)26)23(29)21-22(15-4-3-5-19(13-15)32-2)28(25(31)24(21)30)18-9-7-17(27)8-10-18/h3-13,22,29H,1-2H3/b23-21-. The molecule has 1 atom stereocenters. The summed E-state index contributed by atoms with van der Waals surface area (Å²) in [6.45, 7) is 1.86. The lowest BCUT2D eigenvalue weighted by Gasteiger charge is -2.25. The third-order valence-electron chi connectivity index (χ3n) is 5.39. The molecule has 1 N–H and O–H groups in total. The zero-order chi connectivity index (χ0) is 23.0. The molecule has 0 bridgehead atoms. The van der Waals surface area contributed by atoms with Crippen LogP contribution in [-0.4, -0.2) is 23.9 Å². The number of aliphatic hydroxyl groups excluding tert-OH is 1. The molecule has 1 unspecified atom stereocenters. The van der Waals surface area contributed by atoms with Crippen molar-refractivity contribution in [3.8, 4) is 5.75 Å². The number of Topliss-reactive ketones (excluding diaryl/α,β-unsaturated/α-hetero) is 1. The minimum Gasteiger partial charge on any atom is -0.507 e. The molecule has 0 spiro atoms. The topological polar surface area (TPSA) is 66.8 Å². The molecule has 3 aromatic carbocycles. The summed E-state index contributed by atoms with van der Waals surface area (Å²) in [4.78, 5) is 27.5. The summed E-state index contributed by atoms with van der Waals surface area (Å²) >= 11 is 3.42. The van der Waals surface area contributed by atoms with Crippen LogP contribution in [0.5, 0.6) is 5.75 Å². The molecule has 1 amide bonds. The Morgan fingerprint density at radius 1 is 1.06 bits per heavy atom. The van der Waals surface area contributed by atoms with Crippen LogP contribution in [0.25, 0.3) is 5.76 Å². The van der Waals surface area contributed by atoms with Gasteiger partial charge in [-0.1, -0.05) is 34.1 Å². The number of carbonyl (C=O) groups is 2. The number of aryl methyl sites for hydroxylation is 1. The molecule has 0 saturated carbocycles. The van der Waals surface area contributed by atoms with Gasteiger partial charge in [0.2, 0.25) is 0 Å². The van der Waals surface area contributed by atoms with E-state index in [9.17, 15) is 19.1 Å². The number of hydrogen-bond acceptors (Lipinski definition) is 4. The molecular formula is C25H19BrFNO4. The molecule has 1 fully saturated rings. The average Bonchev–Trinajstić information content (AvgIpc) is 3.06. The molecule has 7 heteroatoms. The minimum absolute atomic E-state index is 0.0469. The average molecular weight is 496 g/mol. The van der Waals surface area contributed by atoms with E-state index in [1.807, 2.05) is 6.92 Å². The largest absolute Gasteiger partial charge is 0.507 e. The highest BCUT2D eigenvalue weighted by atomic mass is 79.9. The molecule has 0 radical (unpaired) electrons. The molecule has 1 aliphatic heterocycles. The fourth-order valence-corrected chi connectivity index (χ4v) is 4.02. The maximum atomic E-state index is 13.5. The molecule has 32 heavy (non-hydrogen) atoms. The third-order valence-corrected chi connectivity index (χ3v) is 6.28. The van der Waals surface area contributed by atoms with Crippen molar-refractivity contribution in [2.75, 3.05) is 12.0 Å². The van der Waals surface area contributed by atoms with E-state index in [1.165, 1.54) is 36.3 Å². The van der Waals surface area contributed by atoms with E-state index in [1.54, 1.807) is 42.5 Å². The van der Waals surface area contributed by atoms with E-state index in [2.05, 4.69) is 15.9 Å². The van der Waals surface area contributed by atoms with Crippen molar-refractivity contribution in [1.82, 2.24) is 0 Å². The first-order valence-corrected chi connectivity index (χ1v) is 10.6. The SMILES string of the molecule is COc1cccc(C2/C(=C(/O)c3ccc(Br)c(C)c3)C(=O)C(=O)N2c2ccc(F)cc2)c1. The number of methoxy groups -OCH3 is 1. The van der Waals surface area contributed by atoms with Gasteiger partial charge in [-0.15, -0.1) is 0 Å². The Hall–Kier alpha value is -3.45. The second kappa shape index (κ2) is 8.59. The number of halogens is 2. The molecule has 1 heterocycles. The number of ketones is 1. The van der Waals surface area contributed by atoms with Crippen LogP contribution in [0, 0.1) is 12.7 Å². The molecule has 162 valence electrons. The summed E-state index contributed by atoms with van der Waals surface area (Å²) in [5.41, 5.74) is 2.14. The molecular weight excluding hydrogens is 477 g/mol. The van der Waals surface area contributed by atoms with Gasteiger partial charge in [0.25, 0.3) is 11.7 Å². The Morgan fingerprint density at radius 2 is 1.78 bits per heavy atom. The van der Waals surface area contributed by atoms with E-state index in [0.717, 1.165) is 10.0 Å². The van der Waals surface area contributed by atoms with Gasteiger partial charge in [-0.05, 0) is 66.6 Å². The van der Waals surface area contributed by atoms with Crippen molar-refractivity contribution in [1.29, 1.82) is 0 Å². The lowest BCUT2D eigenvalue weighted by Crippen LogP contribution is -2.29. The minimum atomic E-state index is -0.917. The van der Waals surface area contributed by atoms with Crippen LogP contribution in [0.1, 0.15) is 22.7 Å². The Balaban J connectivity index is 1.96. The normalized spacial score (nSPS) is 17.6. The number of hydrogen-bond donors (Lipinski definition) is 1. The van der Waals surface area contributed by atoms with Crippen molar-refractivity contribution in [2.24, 2.45) is 0 Å². The monoisotopic (exact) mass is 495 g/mol. The van der Waals surface area contributed by atoms with Gasteiger partial charge in [-0.3, -0.25) is 14.5 Å². The Kier molecular flexibility index (Phi) is 5.84. The smallest absolute Gasteiger partial charge is 0.300 e. The van der Waals surface area contributed by atoms with Gasteiger partial charge in [0.15, 0.2) is 0 Å². The molecule has 1 saturated heterocycles. The second-order valence-corrected chi connectivity index (χ2v) is 8.24. The van der Waals surface area contributed by atoms with Gasteiger partial charge in [0.05, 0.1) is 18.7 Å². The number of aliphatic hydroxyl groups is 1. The van der Waals surface area contributed by atoms with Crippen LogP contribution in [0.3, 0.4) is 0 Å². The lowest BCUT2D eigenvalue weighted by molar-refractivity contribution is -0.132. The van der Waals surface area contributed by atoms with Crippen molar-refractivity contribution < 1.29 is 23.8 Å². The van der Waals surface area contributed by atoms with Gasteiger partial charge in [0, 0.05) is 15.7 Å². The number of ether oxygens (including phenoxy) is 1. The zero-order valence-corrected chi connectivity index (χ0v) is 18.9. The van der Waals surface area contributed by atoms with Crippen molar-refractivity contribution >= 4 is 39.1 Å². The summed E-state index contributed by atoms with van der Waals surface area (Å²) in [6, 6.07) is 16.5. The predicted molar refractivity (Wildman–Crippen MR) is 123 cm³/mol. The molecule has 5 nitrogen and oxygen atoms in total. The highest BCUT2D eigenvalue weighted by Crippen LogP contribution is 2.43. The Morgan fingerprint density at radius 3 is 2.44 bits per heavy atom. The maximum absolute atomic E-state index is 13.5. The van der Waals surface area contributed by atoms with Crippen LogP contribution in [0.15, 0.2) is 76.8 Å². The first-order chi connectivity index (χ1) is 15.3. The summed E-state index contributed by atoms with van der Waals surface area (Å²) in [6.07, 6.45) is 0. The number of rotatable bonds is 4. The van der Waals surface area contributed by atoms with Gasteiger partial charge in [0.1, 0.15) is 17.3 Å². The van der Waals surface area contributed by atoms with Crippen molar-refractivity contribution in [2.45, 2.75) is 13.0 Å². The zero-order valence-electron chi connectivity index (χ0n) is 17.3. The van der Waals surface area contributed by atoms with Gasteiger partial charge >= 0.3 is 0 Å². The number of amides is 1. The number of carbonyl (C=O) groups excluding carboxylic acids is 2. The molecule has 0 aliphatic carbocycles. The number of benzene rings is 3. The van der Waals surface area contributed by atoms with E-state index in [0.29, 0.717) is 22.6 Å². The quantitative estimate of drug-likeness (QED) is 0.293. The van der Waals surface area contributed by atoms with Crippen LogP contribution in [0.4, 0.5) is 10.1 Å². The Labute approximate surface area is 192 Å². The van der Waals surface area contributed by atoms with Crippen LogP contribution in [-0.2, 0) is 9.59 Å². The lowest BCUT2D eigenvalue weighted by atomic mass is 9.94. The molecule has 0 aromatic heterocycles. The van der Waals surface area contributed by atoms with Gasteiger partial charge < -0.3 is 9.84 Å². The maximum Gasteiger partial charge on any atom is 0.300 e. The second-order valence-electron chi connectivity index (χ2n) is 7.39. The van der Waals surface area contributed by atoms with E-state index in [-0.39, 0.29) is 11.3 Å². The first-order valence-electron chi connectivity index (χ1n) is 9.79. The van der Waals surface area contributed by atoms with E-state index in [4.69, 9.17) is 4.74 Å². The fraction of sp³-hybridized carbons (Fsp3) is 0.120. The summed E-state index contributed by atoms with van der Waals surface area (Å²) in [5, 5.41) is 11.2.